The van der Waals surface area contributed by atoms with Gasteiger partial charge in [-0.1, -0.05) is 15.9 Å². The number of aromatic nitrogens is 2. The van der Waals surface area contributed by atoms with Gasteiger partial charge < -0.3 is 10.1 Å². The van der Waals surface area contributed by atoms with Gasteiger partial charge in [-0.3, -0.25) is 9.59 Å². The number of fused-ring (bicyclic) bond motifs is 1. The second-order valence-electron chi connectivity index (χ2n) is 4.64. The number of carbonyl (C=O) groups is 1. The smallest absolute Gasteiger partial charge is 0.271 e. The summed E-state index contributed by atoms with van der Waals surface area (Å²) in [5.74, 6) is 0.492. The number of hydrogen-bond acceptors (Lipinski definition) is 4. The Kier molecular flexibility index (Phi) is 3.74. The molecule has 0 bridgehead atoms. The van der Waals surface area contributed by atoms with Crippen LogP contribution in [-0.2, 0) is 13.0 Å². The van der Waals surface area contributed by atoms with E-state index in [1.165, 1.54) is 12.1 Å². The maximum absolute atomic E-state index is 12.0. The number of carbonyl (C=O) groups excluding carboxylic acids is 1. The fourth-order valence-corrected chi connectivity index (χ4v) is 2.77. The predicted molar refractivity (Wildman–Crippen MR) is 79.4 cm³/mol. The first kappa shape index (κ1) is 13.8. The van der Waals surface area contributed by atoms with Crippen molar-refractivity contribution in [1.82, 2.24) is 15.5 Å². The fraction of sp³-hybridized carbons (Fsp3) is 0.214. The van der Waals surface area contributed by atoms with E-state index in [2.05, 4.69) is 31.4 Å². The zero-order valence-corrected chi connectivity index (χ0v) is 12.6. The largest absolute Gasteiger partial charge is 0.493 e. The zero-order valence-electron chi connectivity index (χ0n) is 11.0. The molecule has 0 radical (unpaired) electrons. The highest BCUT2D eigenvalue weighted by Crippen LogP contribution is 2.32. The van der Waals surface area contributed by atoms with E-state index in [4.69, 9.17) is 4.74 Å². The summed E-state index contributed by atoms with van der Waals surface area (Å²) in [6.07, 6.45) is 0.872. The number of amides is 1. The minimum Gasteiger partial charge on any atom is -0.493 e. The Labute approximate surface area is 128 Å². The quantitative estimate of drug-likeness (QED) is 0.877. The Morgan fingerprint density at radius 2 is 2.29 bits per heavy atom. The summed E-state index contributed by atoms with van der Waals surface area (Å²) in [4.78, 5) is 22.9. The van der Waals surface area contributed by atoms with Crippen molar-refractivity contribution in [3.63, 3.8) is 0 Å². The van der Waals surface area contributed by atoms with Crippen molar-refractivity contribution in [2.75, 3.05) is 6.61 Å². The average Bonchev–Trinajstić information content (AvgIpc) is 2.93. The van der Waals surface area contributed by atoms with Crippen LogP contribution in [-0.4, -0.2) is 22.7 Å². The highest BCUT2D eigenvalue weighted by molar-refractivity contribution is 9.10. The van der Waals surface area contributed by atoms with Crippen LogP contribution < -0.4 is 15.6 Å². The van der Waals surface area contributed by atoms with Crippen LogP contribution in [0.1, 0.15) is 21.6 Å². The second-order valence-corrected chi connectivity index (χ2v) is 5.56. The van der Waals surface area contributed by atoms with E-state index < -0.39 is 0 Å². The fourth-order valence-electron chi connectivity index (χ4n) is 2.21. The molecule has 0 fully saturated rings. The summed E-state index contributed by atoms with van der Waals surface area (Å²) >= 11 is 3.46. The number of halogens is 1. The van der Waals surface area contributed by atoms with Crippen LogP contribution in [0, 0.1) is 0 Å². The second kappa shape index (κ2) is 5.69. The first-order chi connectivity index (χ1) is 10.1. The third-order valence-electron chi connectivity index (χ3n) is 3.18. The van der Waals surface area contributed by atoms with E-state index in [1.54, 1.807) is 0 Å². The number of ether oxygens (including phenoxy) is 1. The minimum atomic E-state index is -0.349. The standard InChI is InChI=1S/C14H12BrN3O3/c15-10-5-8-3-4-21-13(8)9(6-10)7-16-14(20)11-1-2-12(19)18-17-11/h1-2,5-6H,3-4,7H2,(H,16,20)(H,18,19). The highest BCUT2D eigenvalue weighted by Gasteiger charge is 2.18. The molecule has 2 aromatic rings. The van der Waals surface area contributed by atoms with Gasteiger partial charge in [0.25, 0.3) is 11.5 Å². The SMILES string of the molecule is O=C(NCc1cc(Br)cc2c1OCC2)c1ccc(=O)[nH]n1. The van der Waals surface area contributed by atoms with E-state index in [9.17, 15) is 9.59 Å². The molecule has 0 unspecified atom stereocenters. The molecule has 21 heavy (non-hydrogen) atoms. The van der Waals surface area contributed by atoms with E-state index in [-0.39, 0.29) is 17.2 Å². The molecule has 2 heterocycles. The Balaban J connectivity index is 1.75. The van der Waals surface area contributed by atoms with Crippen LogP contribution in [0.4, 0.5) is 0 Å². The first-order valence-electron chi connectivity index (χ1n) is 6.41. The van der Waals surface area contributed by atoms with Gasteiger partial charge in [-0.2, -0.15) is 5.10 Å². The summed E-state index contributed by atoms with van der Waals surface area (Å²) in [5, 5.41) is 8.69. The number of rotatable bonds is 3. The average molecular weight is 350 g/mol. The molecule has 1 aliphatic rings. The molecule has 0 saturated heterocycles. The van der Waals surface area contributed by atoms with E-state index in [0.29, 0.717) is 13.2 Å². The van der Waals surface area contributed by atoms with Gasteiger partial charge in [0.05, 0.1) is 6.61 Å². The Bertz CT molecular complexity index is 737. The van der Waals surface area contributed by atoms with Crippen LogP contribution in [0.3, 0.4) is 0 Å². The Hall–Kier alpha value is -2.15. The molecular formula is C14H12BrN3O3. The lowest BCUT2D eigenvalue weighted by Gasteiger charge is -2.10. The van der Waals surface area contributed by atoms with Gasteiger partial charge in [0.2, 0.25) is 0 Å². The maximum Gasteiger partial charge on any atom is 0.271 e. The molecule has 1 amide bonds. The number of nitrogens with one attached hydrogen (secondary N) is 2. The third kappa shape index (κ3) is 2.97. The topological polar surface area (TPSA) is 84.1 Å². The lowest BCUT2D eigenvalue weighted by molar-refractivity contribution is 0.0944. The van der Waals surface area contributed by atoms with Gasteiger partial charge in [0, 0.05) is 29.1 Å². The van der Waals surface area contributed by atoms with Gasteiger partial charge in [0.15, 0.2) is 0 Å². The summed E-state index contributed by atoms with van der Waals surface area (Å²) < 4.78 is 6.56. The van der Waals surface area contributed by atoms with Crippen molar-refractivity contribution in [2.45, 2.75) is 13.0 Å². The molecule has 1 aliphatic heterocycles. The van der Waals surface area contributed by atoms with Crippen molar-refractivity contribution in [3.05, 3.63) is 55.9 Å². The summed E-state index contributed by atoms with van der Waals surface area (Å²) in [5.41, 5.74) is 1.87. The molecule has 0 spiro atoms. The van der Waals surface area contributed by atoms with Crippen LogP contribution in [0.5, 0.6) is 5.75 Å². The molecular weight excluding hydrogens is 338 g/mol. The Morgan fingerprint density at radius 1 is 1.43 bits per heavy atom. The molecule has 3 rings (SSSR count). The van der Waals surface area contributed by atoms with Crippen LogP contribution >= 0.6 is 15.9 Å². The van der Waals surface area contributed by atoms with Crippen molar-refractivity contribution < 1.29 is 9.53 Å². The van der Waals surface area contributed by atoms with Crippen molar-refractivity contribution >= 4 is 21.8 Å². The van der Waals surface area contributed by atoms with E-state index in [1.807, 2.05) is 12.1 Å². The number of nitrogens with zero attached hydrogens (tertiary/aromatic N) is 1. The van der Waals surface area contributed by atoms with Gasteiger partial charge in [-0.05, 0) is 23.8 Å². The van der Waals surface area contributed by atoms with Crippen molar-refractivity contribution in [2.24, 2.45) is 0 Å². The molecule has 1 aromatic carbocycles. The molecule has 0 atom stereocenters. The summed E-state index contributed by atoms with van der Waals surface area (Å²) in [7, 11) is 0. The Morgan fingerprint density at radius 3 is 3.05 bits per heavy atom. The van der Waals surface area contributed by atoms with Gasteiger partial charge in [-0.25, -0.2) is 5.10 Å². The number of aromatic amines is 1. The molecule has 6 nitrogen and oxygen atoms in total. The van der Waals surface area contributed by atoms with Gasteiger partial charge >= 0.3 is 0 Å². The molecule has 0 aliphatic carbocycles. The molecule has 7 heteroatoms. The molecule has 2 N–H and O–H groups in total. The van der Waals surface area contributed by atoms with Crippen molar-refractivity contribution in [3.8, 4) is 5.75 Å². The summed E-state index contributed by atoms with van der Waals surface area (Å²) in [6, 6.07) is 6.60. The molecule has 0 saturated carbocycles. The normalized spacial score (nSPS) is 12.6. The van der Waals surface area contributed by atoms with Gasteiger partial charge in [-0.15, -0.1) is 0 Å². The van der Waals surface area contributed by atoms with Crippen LogP contribution in [0.2, 0.25) is 0 Å². The minimum absolute atomic E-state index is 0.169. The first-order valence-corrected chi connectivity index (χ1v) is 7.21. The van der Waals surface area contributed by atoms with E-state index in [0.717, 1.165) is 27.8 Å². The third-order valence-corrected chi connectivity index (χ3v) is 3.63. The maximum atomic E-state index is 12.0. The lowest BCUT2D eigenvalue weighted by Crippen LogP contribution is -2.25. The summed E-state index contributed by atoms with van der Waals surface area (Å²) in [6.45, 7) is 0.996. The predicted octanol–water partition coefficient (Wildman–Crippen LogP) is 1.40. The monoisotopic (exact) mass is 349 g/mol. The molecule has 1 aromatic heterocycles. The molecule has 108 valence electrons. The number of H-pyrrole nitrogens is 1. The van der Waals surface area contributed by atoms with Gasteiger partial charge in [0.1, 0.15) is 11.4 Å². The zero-order chi connectivity index (χ0) is 14.8. The van der Waals surface area contributed by atoms with Crippen LogP contribution in [0.25, 0.3) is 0 Å². The van der Waals surface area contributed by atoms with Crippen LogP contribution in [0.15, 0.2) is 33.5 Å². The van der Waals surface area contributed by atoms with E-state index >= 15 is 0 Å². The number of benzene rings is 1. The van der Waals surface area contributed by atoms with Crippen molar-refractivity contribution in [1.29, 1.82) is 0 Å². The highest BCUT2D eigenvalue weighted by atomic mass is 79.9. The number of hydrogen-bond donors (Lipinski definition) is 2. The lowest BCUT2D eigenvalue weighted by atomic mass is 10.1.